The Morgan fingerprint density at radius 1 is 0.529 bits per heavy atom. The maximum absolute atomic E-state index is 12.3. The van der Waals surface area contributed by atoms with Crippen LogP contribution in [0.15, 0.2) is 11.6 Å². The Labute approximate surface area is 399 Å². The number of carbonyl (C=O) groups excluding carboxylic acids is 1. The normalized spacial score (nSPS) is 50.3. The van der Waals surface area contributed by atoms with Gasteiger partial charge in [-0.2, -0.15) is 0 Å². The van der Waals surface area contributed by atoms with Gasteiger partial charge in [0.25, 0.3) is 0 Å². The molecule has 18 N–H and O–H groups in total. The molecule has 406 valence electrons. The summed E-state index contributed by atoms with van der Waals surface area (Å²) in [5.74, 6) is -1.76. The Bertz CT molecular complexity index is 1680. The predicted octanol–water partition coefficient (Wildman–Crippen LogP) is -10.7. The summed E-state index contributed by atoms with van der Waals surface area (Å²) in [6, 6.07) is -2.26. The molecule has 29 heteroatoms. The summed E-state index contributed by atoms with van der Waals surface area (Å²) in [5, 5.41) is 183. The Balaban J connectivity index is 1.11. The van der Waals surface area contributed by atoms with Crippen LogP contribution in [0, 0.1) is 5.92 Å². The van der Waals surface area contributed by atoms with E-state index >= 15 is 0 Å². The van der Waals surface area contributed by atoms with Crippen LogP contribution in [0.5, 0.6) is 0 Å². The van der Waals surface area contributed by atoms with E-state index in [0.29, 0.717) is 0 Å². The van der Waals surface area contributed by atoms with Crippen molar-refractivity contribution >= 4 is 5.97 Å². The highest BCUT2D eigenvalue weighted by molar-refractivity contribution is 5.68. The lowest BCUT2D eigenvalue weighted by atomic mass is 9.86. The zero-order valence-electron chi connectivity index (χ0n) is 38.2. The molecule has 0 saturated carbocycles. The first-order chi connectivity index (χ1) is 33.1. The van der Waals surface area contributed by atoms with Crippen LogP contribution in [0.2, 0.25) is 0 Å². The minimum Gasteiger partial charge on any atom is -0.463 e. The molecule has 70 heavy (non-hydrogen) atoms. The molecule has 29 unspecified atom stereocenters. The van der Waals surface area contributed by atoms with Crippen molar-refractivity contribution in [1.82, 2.24) is 5.32 Å². The summed E-state index contributed by atoms with van der Waals surface area (Å²) in [6.07, 6.45) is -43.5. The number of hydrogen-bond acceptors (Lipinski definition) is 29. The van der Waals surface area contributed by atoms with Crippen molar-refractivity contribution in [3.63, 3.8) is 0 Å². The van der Waals surface area contributed by atoms with Gasteiger partial charge in [0.05, 0.1) is 50.7 Å². The number of hydrogen-bond donors (Lipinski definition) is 18. The van der Waals surface area contributed by atoms with Crippen molar-refractivity contribution in [3.05, 3.63) is 11.6 Å². The molecule has 0 amide bonds. The maximum atomic E-state index is 12.3. The highest BCUT2D eigenvalue weighted by Gasteiger charge is 2.56. The quantitative estimate of drug-likeness (QED) is 0.0475. The minimum absolute atomic E-state index is 0.00263. The summed E-state index contributed by atoms with van der Waals surface area (Å²) >= 11 is 0. The second kappa shape index (κ2) is 24.7. The molecule has 0 aromatic carbocycles. The van der Waals surface area contributed by atoms with Gasteiger partial charge in [-0.05, 0) is 12.5 Å². The molecule has 5 aliphatic heterocycles. The van der Waals surface area contributed by atoms with Crippen LogP contribution < -0.4 is 5.32 Å². The first-order valence-corrected chi connectivity index (χ1v) is 22.9. The molecule has 5 fully saturated rings. The van der Waals surface area contributed by atoms with Crippen LogP contribution in [0.4, 0.5) is 0 Å². The van der Waals surface area contributed by atoms with Crippen LogP contribution in [0.25, 0.3) is 0 Å². The molecule has 6 rings (SSSR count). The van der Waals surface area contributed by atoms with Crippen LogP contribution in [0.3, 0.4) is 0 Å². The molecule has 1 aliphatic carbocycles. The zero-order valence-corrected chi connectivity index (χ0v) is 38.2. The summed E-state index contributed by atoms with van der Waals surface area (Å²) in [7, 11) is 0. The number of nitrogens with one attached hydrogen (secondary N) is 1. The van der Waals surface area contributed by atoms with E-state index in [-0.39, 0.29) is 12.0 Å². The number of rotatable bonds is 17. The first-order valence-electron chi connectivity index (χ1n) is 22.9. The average Bonchev–Trinajstić information content (AvgIpc) is 3.34. The third kappa shape index (κ3) is 12.0. The van der Waals surface area contributed by atoms with Crippen molar-refractivity contribution in [2.45, 2.75) is 199 Å². The van der Waals surface area contributed by atoms with E-state index in [1.54, 1.807) is 0 Å². The molecular formula is C41H69NO28. The van der Waals surface area contributed by atoms with E-state index < -0.39 is 217 Å². The fraction of sp³-hybridized carbons (Fsp3) is 0.927. The smallest absolute Gasteiger partial charge is 0.305 e. The number of carbonyl (C=O) groups is 1. The van der Waals surface area contributed by atoms with Crippen molar-refractivity contribution in [2.75, 3.05) is 33.0 Å². The SMILES string of the molecule is CCC(=O)OCC1OC(OC2C(CO)OC(OC3C(CO)OC(OC4C(CO)OC(O)C(O)C4O)C(O)C3O)C(O)C2O)C(O)C(C)C1OC1OC(C)C(NC2C=C(CO)C(O)C(O)C2O)C(O)C1O. The third-order valence-electron chi connectivity index (χ3n) is 13.6. The van der Waals surface area contributed by atoms with Gasteiger partial charge in [0.15, 0.2) is 31.5 Å². The van der Waals surface area contributed by atoms with Crippen LogP contribution in [-0.2, 0) is 52.2 Å². The lowest BCUT2D eigenvalue weighted by Crippen LogP contribution is -2.68. The highest BCUT2D eigenvalue weighted by atomic mass is 16.8. The van der Waals surface area contributed by atoms with E-state index in [1.165, 1.54) is 26.8 Å². The largest absolute Gasteiger partial charge is 0.463 e. The van der Waals surface area contributed by atoms with Gasteiger partial charge in [-0.25, -0.2) is 0 Å². The Hall–Kier alpha value is -1.87. The van der Waals surface area contributed by atoms with Gasteiger partial charge in [0.2, 0.25) is 0 Å². The Morgan fingerprint density at radius 3 is 1.47 bits per heavy atom. The van der Waals surface area contributed by atoms with Crippen LogP contribution in [-0.4, -0.2) is 298 Å². The number of esters is 1. The molecule has 29 nitrogen and oxygen atoms in total. The van der Waals surface area contributed by atoms with E-state index in [9.17, 15) is 91.6 Å². The maximum Gasteiger partial charge on any atom is 0.305 e. The van der Waals surface area contributed by atoms with Crippen LogP contribution >= 0.6 is 0 Å². The first kappa shape index (κ1) is 57.4. The van der Waals surface area contributed by atoms with Gasteiger partial charge in [0.1, 0.15) is 123 Å². The van der Waals surface area contributed by atoms with Gasteiger partial charge < -0.3 is 139 Å². The van der Waals surface area contributed by atoms with Crippen molar-refractivity contribution in [1.29, 1.82) is 0 Å². The van der Waals surface area contributed by atoms with Gasteiger partial charge in [0, 0.05) is 12.3 Å². The Morgan fingerprint density at radius 2 is 0.971 bits per heavy atom. The fourth-order valence-corrected chi connectivity index (χ4v) is 9.30. The molecule has 0 aromatic heterocycles. The molecule has 0 radical (unpaired) electrons. The number of ether oxygens (including phenoxy) is 10. The average molecular weight is 1020 g/mol. The summed E-state index contributed by atoms with van der Waals surface area (Å²) in [5.41, 5.74) is -0.00263. The molecule has 0 bridgehead atoms. The molecule has 5 saturated heterocycles. The standard InChI is InChI=1S/C41H69NO28/c1-4-19(47)61-10-18-33(67-39-30(57)24(51)20(12(3)62-39)42-14-5-13(6-43)22(49)25(52)23(14)50)11(2)21(48)38(66-18)68-35-16(8-45)64-41(31(58)27(35)54)70-36-17(9-46)65-40(32(59)28(36)55)69-34-15(7-44)63-37(60)29(56)26(34)53/h5,11-12,14-18,20-46,48-60H,4,6-10H2,1-3H3. The summed E-state index contributed by atoms with van der Waals surface area (Å²) in [6.45, 7) is 0.524. The highest BCUT2D eigenvalue weighted by Crippen LogP contribution is 2.37. The van der Waals surface area contributed by atoms with Gasteiger partial charge in [-0.3, -0.25) is 4.79 Å². The predicted molar refractivity (Wildman–Crippen MR) is 220 cm³/mol. The van der Waals surface area contributed by atoms with Gasteiger partial charge in [-0.15, -0.1) is 0 Å². The Kier molecular flexibility index (Phi) is 20.2. The third-order valence-corrected chi connectivity index (χ3v) is 13.6. The number of aliphatic hydroxyl groups is 17. The van der Waals surface area contributed by atoms with E-state index in [1.807, 2.05) is 0 Å². The summed E-state index contributed by atoms with van der Waals surface area (Å²) < 4.78 is 57.0. The van der Waals surface area contributed by atoms with Crippen molar-refractivity contribution < 1.29 is 139 Å². The lowest BCUT2D eigenvalue weighted by molar-refractivity contribution is -0.389. The van der Waals surface area contributed by atoms with Crippen molar-refractivity contribution in [3.8, 4) is 0 Å². The second-order valence-corrected chi connectivity index (χ2v) is 18.2. The monoisotopic (exact) mass is 1020 g/mol. The molecular weight excluding hydrogens is 954 g/mol. The topological polar surface area (TPSA) is 465 Å². The van der Waals surface area contributed by atoms with E-state index in [4.69, 9.17) is 47.4 Å². The zero-order chi connectivity index (χ0) is 51.6. The van der Waals surface area contributed by atoms with Crippen LogP contribution in [0.1, 0.15) is 27.2 Å². The van der Waals surface area contributed by atoms with E-state index in [2.05, 4.69) is 5.32 Å². The van der Waals surface area contributed by atoms with Gasteiger partial charge in [-0.1, -0.05) is 19.9 Å². The molecule has 29 atom stereocenters. The fourth-order valence-electron chi connectivity index (χ4n) is 9.30. The van der Waals surface area contributed by atoms with E-state index in [0.717, 1.165) is 0 Å². The minimum atomic E-state index is -2.10. The van der Waals surface area contributed by atoms with Crippen molar-refractivity contribution in [2.24, 2.45) is 5.92 Å². The second-order valence-electron chi connectivity index (χ2n) is 18.2. The lowest BCUT2D eigenvalue weighted by Gasteiger charge is -2.50. The molecule has 0 spiro atoms. The van der Waals surface area contributed by atoms with Gasteiger partial charge >= 0.3 is 5.97 Å². The summed E-state index contributed by atoms with van der Waals surface area (Å²) in [4.78, 5) is 12.3. The molecule has 5 heterocycles. The molecule has 6 aliphatic rings. The number of aliphatic hydroxyl groups excluding tert-OH is 17. The molecule has 0 aromatic rings.